The molecule has 0 radical (unpaired) electrons. The maximum Gasteiger partial charge on any atom is 0.348 e. The Morgan fingerprint density at radius 1 is 1.11 bits per heavy atom. The van der Waals surface area contributed by atoms with Crippen molar-refractivity contribution < 1.29 is 28.6 Å². The molecule has 0 aliphatic carbocycles. The molecule has 1 N–H and O–H groups in total. The normalized spacial score (nSPS) is 10.7. The summed E-state index contributed by atoms with van der Waals surface area (Å²) in [6.45, 7) is 5.35. The van der Waals surface area contributed by atoms with Gasteiger partial charge < -0.3 is 24.1 Å². The topological polar surface area (TPSA) is 122 Å². The fourth-order valence-corrected chi connectivity index (χ4v) is 5.00. The third-order valence-electron chi connectivity index (χ3n) is 4.84. The van der Waals surface area contributed by atoms with Crippen molar-refractivity contribution in [2.45, 2.75) is 25.9 Å². The van der Waals surface area contributed by atoms with Gasteiger partial charge in [0.1, 0.15) is 15.6 Å². The first-order valence-electron chi connectivity index (χ1n) is 10.7. The average Bonchev–Trinajstić information content (AvgIpc) is 3.37. The van der Waals surface area contributed by atoms with Crippen molar-refractivity contribution >= 4 is 45.9 Å². The zero-order valence-electron chi connectivity index (χ0n) is 20.0. The summed E-state index contributed by atoms with van der Waals surface area (Å²) in [6.07, 6.45) is 0. The Kier molecular flexibility index (Phi) is 8.88. The molecule has 0 bridgehead atoms. The summed E-state index contributed by atoms with van der Waals surface area (Å²) in [6, 6.07) is 7.44. The van der Waals surface area contributed by atoms with E-state index in [1.165, 1.54) is 11.8 Å². The van der Waals surface area contributed by atoms with Gasteiger partial charge in [-0.05, 0) is 38.5 Å². The molecule has 1 aromatic carbocycles. The number of hydrogen-bond donors (Lipinski definition) is 1. The molecule has 0 fully saturated rings. The van der Waals surface area contributed by atoms with Crippen molar-refractivity contribution in [2.24, 2.45) is 7.05 Å². The third-order valence-corrected chi connectivity index (χ3v) is 7.04. The number of carbonyl (C=O) groups excluding carboxylic acids is 3. The minimum absolute atomic E-state index is 0.0119. The molecule has 12 heteroatoms. The predicted molar refractivity (Wildman–Crippen MR) is 133 cm³/mol. The van der Waals surface area contributed by atoms with Crippen molar-refractivity contribution in [1.29, 1.82) is 0 Å². The Morgan fingerprint density at radius 3 is 2.51 bits per heavy atom. The fraction of sp³-hybridized carbons (Fsp3) is 0.348. The lowest BCUT2D eigenvalue weighted by molar-refractivity contribution is -0.113. The van der Waals surface area contributed by atoms with Crippen molar-refractivity contribution in [1.82, 2.24) is 14.8 Å². The second-order valence-corrected chi connectivity index (χ2v) is 9.10. The number of ether oxygens (including phenoxy) is 3. The monoisotopic (exact) mass is 518 g/mol. The summed E-state index contributed by atoms with van der Waals surface area (Å²) in [5.74, 6) is -0.203. The van der Waals surface area contributed by atoms with E-state index in [0.29, 0.717) is 22.3 Å². The van der Waals surface area contributed by atoms with E-state index in [9.17, 15) is 14.4 Å². The van der Waals surface area contributed by atoms with Crippen molar-refractivity contribution in [3.63, 3.8) is 0 Å². The number of aromatic nitrogens is 3. The highest BCUT2D eigenvalue weighted by molar-refractivity contribution is 7.99. The van der Waals surface area contributed by atoms with Crippen LogP contribution in [-0.4, -0.2) is 58.7 Å². The van der Waals surface area contributed by atoms with Gasteiger partial charge in [0.25, 0.3) is 0 Å². The SMILES string of the molecule is CCOC(=O)c1sc(NC(=O)CSc2nnc(-c3cccc(OC)c3)n2C)c(C(=O)OCC)c1C. The molecule has 3 rings (SSSR count). The summed E-state index contributed by atoms with van der Waals surface area (Å²) >= 11 is 2.18. The van der Waals surface area contributed by atoms with E-state index in [1.54, 1.807) is 32.4 Å². The molecular formula is C23H26N4O6S2. The van der Waals surface area contributed by atoms with Gasteiger partial charge in [-0.2, -0.15) is 0 Å². The van der Waals surface area contributed by atoms with Gasteiger partial charge in [0, 0.05) is 12.6 Å². The quantitative estimate of drug-likeness (QED) is 0.314. The molecule has 2 heterocycles. The maximum absolute atomic E-state index is 12.7. The smallest absolute Gasteiger partial charge is 0.348 e. The van der Waals surface area contributed by atoms with Crippen molar-refractivity contribution in [3.8, 4) is 17.1 Å². The number of methoxy groups -OCH3 is 1. The van der Waals surface area contributed by atoms with Gasteiger partial charge in [0.2, 0.25) is 5.91 Å². The summed E-state index contributed by atoms with van der Waals surface area (Å²) < 4.78 is 17.2. The predicted octanol–water partition coefficient (Wildman–Crippen LogP) is 3.94. The third kappa shape index (κ3) is 6.01. The van der Waals surface area contributed by atoms with Crippen LogP contribution in [0.2, 0.25) is 0 Å². The Labute approximate surface area is 211 Å². The molecule has 0 aliphatic heterocycles. The number of benzene rings is 1. The molecule has 35 heavy (non-hydrogen) atoms. The lowest BCUT2D eigenvalue weighted by Crippen LogP contribution is -2.16. The summed E-state index contributed by atoms with van der Waals surface area (Å²) in [4.78, 5) is 37.8. The Balaban J connectivity index is 1.75. The van der Waals surface area contributed by atoms with E-state index in [4.69, 9.17) is 14.2 Å². The maximum atomic E-state index is 12.7. The van der Waals surface area contributed by atoms with Crippen LogP contribution in [0.4, 0.5) is 5.00 Å². The lowest BCUT2D eigenvalue weighted by atomic mass is 10.1. The van der Waals surface area contributed by atoms with Gasteiger partial charge in [-0.3, -0.25) is 4.79 Å². The standard InChI is InChI=1S/C23H26N4O6S2/c1-6-32-21(29)17-13(3)18(22(30)33-7-2)35-20(17)24-16(28)12-34-23-26-25-19(27(23)4)14-9-8-10-15(11-14)31-5/h8-11H,6-7,12H2,1-5H3,(H,24,28). The highest BCUT2D eigenvalue weighted by Gasteiger charge is 2.27. The fourth-order valence-electron chi connectivity index (χ4n) is 3.19. The van der Waals surface area contributed by atoms with Gasteiger partial charge in [-0.15, -0.1) is 21.5 Å². The first-order chi connectivity index (χ1) is 16.8. The number of thioether (sulfide) groups is 1. The number of amides is 1. The molecule has 186 valence electrons. The van der Waals surface area contributed by atoms with E-state index < -0.39 is 11.9 Å². The highest BCUT2D eigenvalue weighted by atomic mass is 32.2. The molecule has 2 aromatic heterocycles. The molecule has 0 unspecified atom stereocenters. The van der Waals surface area contributed by atoms with Crippen LogP contribution in [0, 0.1) is 6.92 Å². The van der Waals surface area contributed by atoms with Crippen LogP contribution in [0.5, 0.6) is 5.75 Å². The van der Waals surface area contributed by atoms with Gasteiger partial charge in [0.05, 0.1) is 31.6 Å². The number of thiophene rings is 1. The van der Waals surface area contributed by atoms with Crippen molar-refractivity contribution in [3.05, 3.63) is 40.3 Å². The minimum atomic E-state index is -0.615. The largest absolute Gasteiger partial charge is 0.497 e. The number of rotatable bonds is 10. The number of carbonyl (C=O) groups is 3. The van der Waals surface area contributed by atoms with E-state index in [2.05, 4.69) is 15.5 Å². The van der Waals surface area contributed by atoms with E-state index in [-0.39, 0.29) is 40.3 Å². The highest BCUT2D eigenvalue weighted by Crippen LogP contribution is 2.34. The van der Waals surface area contributed by atoms with Crippen LogP contribution in [-0.2, 0) is 21.3 Å². The van der Waals surface area contributed by atoms with Gasteiger partial charge in [-0.1, -0.05) is 23.9 Å². The zero-order valence-corrected chi connectivity index (χ0v) is 21.7. The Hall–Kier alpha value is -3.38. The summed E-state index contributed by atoms with van der Waals surface area (Å²) in [5, 5.41) is 11.9. The van der Waals surface area contributed by atoms with Crippen LogP contribution in [0.15, 0.2) is 29.4 Å². The Morgan fingerprint density at radius 2 is 1.83 bits per heavy atom. The molecule has 0 saturated carbocycles. The average molecular weight is 519 g/mol. The van der Waals surface area contributed by atoms with E-state index in [0.717, 1.165) is 16.9 Å². The Bertz CT molecular complexity index is 1240. The van der Waals surface area contributed by atoms with Gasteiger partial charge >= 0.3 is 11.9 Å². The van der Waals surface area contributed by atoms with Crippen LogP contribution >= 0.6 is 23.1 Å². The second-order valence-electron chi connectivity index (χ2n) is 7.14. The number of nitrogens with one attached hydrogen (secondary N) is 1. The number of hydrogen-bond acceptors (Lipinski definition) is 10. The van der Waals surface area contributed by atoms with E-state index >= 15 is 0 Å². The van der Waals surface area contributed by atoms with Crippen LogP contribution < -0.4 is 10.1 Å². The molecule has 0 saturated heterocycles. The second kappa shape index (κ2) is 11.8. The van der Waals surface area contributed by atoms with Crippen LogP contribution in [0.1, 0.15) is 39.4 Å². The van der Waals surface area contributed by atoms with E-state index in [1.807, 2.05) is 31.3 Å². The number of nitrogens with zero attached hydrogens (tertiary/aromatic N) is 3. The molecule has 1 amide bonds. The number of anilines is 1. The molecular weight excluding hydrogens is 492 g/mol. The first kappa shape index (κ1) is 26.2. The summed E-state index contributed by atoms with van der Waals surface area (Å²) in [5.41, 5.74) is 1.39. The van der Waals surface area contributed by atoms with Crippen LogP contribution in [0.3, 0.4) is 0 Å². The van der Waals surface area contributed by atoms with Crippen molar-refractivity contribution in [2.75, 3.05) is 31.4 Å². The first-order valence-corrected chi connectivity index (χ1v) is 12.5. The number of esters is 2. The van der Waals surface area contributed by atoms with Gasteiger partial charge in [-0.25, -0.2) is 9.59 Å². The molecule has 10 nitrogen and oxygen atoms in total. The zero-order chi connectivity index (χ0) is 25.5. The minimum Gasteiger partial charge on any atom is -0.497 e. The van der Waals surface area contributed by atoms with Gasteiger partial charge in [0.15, 0.2) is 11.0 Å². The molecule has 0 aliphatic rings. The summed E-state index contributed by atoms with van der Waals surface area (Å²) in [7, 11) is 3.40. The molecule has 0 atom stereocenters. The lowest BCUT2D eigenvalue weighted by Gasteiger charge is -2.07. The van der Waals surface area contributed by atoms with Crippen LogP contribution in [0.25, 0.3) is 11.4 Å². The molecule has 0 spiro atoms. The molecule has 3 aromatic rings.